The van der Waals surface area contributed by atoms with Crippen LogP contribution in [0.2, 0.25) is 0 Å². The molecule has 3 aromatic rings. The lowest BCUT2D eigenvalue weighted by Crippen LogP contribution is -2.55. The number of imide groups is 1. The number of nitrogens with zero attached hydrogens (tertiary/aromatic N) is 6. The summed E-state index contributed by atoms with van der Waals surface area (Å²) in [6, 6.07) is 3.24. The van der Waals surface area contributed by atoms with Crippen molar-refractivity contribution in [1.82, 2.24) is 25.5 Å². The van der Waals surface area contributed by atoms with Gasteiger partial charge in [0, 0.05) is 63.4 Å². The quantitative estimate of drug-likeness (QED) is 0.140. The largest absolute Gasteiger partial charge is 0.495 e. The number of halogens is 5. The predicted octanol–water partition coefficient (Wildman–Crippen LogP) is 5.58. The molecule has 20 heteroatoms. The summed E-state index contributed by atoms with van der Waals surface area (Å²) in [6.45, 7) is 6.41. The van der Waals surface area contributed by atoms with E-state index < -0.39 is 59.7 Å². The van der Waals surface area contributed by atoms with Gasteiger partial charge in [-0.1, -0.05) is 0 Å². The van der Waals surface area contributed by atoms with Crippen LogP contribution in [0.15, 0.2) is 30.5 Å². The van der Waals surface area contributed by atoms with Gasteiger partial charge in [-0.05, 0) is 89.3 Å². The average molecular weight is 897 g/mol. The Morgan fingerprint density at radius 2 is 1.64 bits per heavy atom. The fourth-order valence-electron chi connectivity index (χ4n) is 9.73. The van der Waals surface area contributed by atoms with E-state index in [0.29, 0.717) is 19.0 Å². The highest BCUT2D eigenvalue weighted by Crippen LogP contribution is 2.49. The van der Waals surface area contributed by atoms with Gasteiger partial charge in [-0.25, -0.2) is 18.2 Å². The molecule has 4 N–H and O–H groups in total. The van der Waals surface area contributed by atoms with Gasteiger partial charge in [0.25, 0.3) is 11.8 Å². The van der Waals surface area contributed by atoms with E-state index in [2.05, 4.69) is 36.1 Å². The molecule has 3 saturated heterocycles. The second-order valence-electron chi connectivity index (χ2n) is 18.1. The Bertz CT molecular complexity index is 2310. The number of carbonyl (C=O) groups excluding carboxylic acids is 4. The molecule has 1 atom stereocenters. The van der Waals surface area contributed by atoms with Crippen molar-refractivity contribution in [2.75, 3.05) is 78.8 Å². The molecule has 344 valence electrons. The van der Waals surface area contributed by atoms with Crippen molar-refractivity contribution in [3.05, 3.63) is 53.5 Å². The van der Waals surface area contributed by atoms with Crippen molar-refractivity contribution in [3.63, 3.8) is 0 Å². The van der Waals surface area contributed by atoms with Crippen molar-refractivity contribution >= 4 is 58.1 Å². The molecule has 5 aliphatic rings. The molecule has 4 aliphatic heterocycles. The molecule has 1 aliphatic carbocycles. The van der Waals surface area contributed by atoms with Crippen LogP contribution in [-0.2, 0) is 14.4 Å². The summed E-state index contributed by atoms with van der Waals surface area (Å²) in [5.41, 5.74) is 0.160. The Morgan fingerprint density at radius 3 is 2.31 bits per heavy atom. The molecule has 1 unspecified atom stereocenters. The van der Waals surface area contributed by atoms with Gasteiger partial charge in [0.15, 0.2) is 5.82 Å². The van der Waals surface area contributed by atoms with E-state index in [-0.39, 0.29) is 76.0 Å². The average Bonchev–Trinajstić information content (AvgIpc) is 3.31. The molecule has 1 saturated carbocycles. The minimum atomic E-state index is -3.66. The normalized spacial score (nSPS) is 21.6. The van der Waals surface area contributed by atoms with Crippen LogP contribution in [0.25, 0.3) is 0 Å². The third-order valence-corrected chi connectivity index (χ3v) is 13.5. The van der Waals surface area contributed by atoms with Crippen molar-refractivity contribution in [1.29, 1.82) is 0 Å². The van der Waals surface area contributed by atoms with Crippen molar-refractivity contribution in [2.45, 2.75) is 89.3 Å². The summed E-state index contributed by atoms with van der Waals surface area (Å²) < 4.78 is 81.0. The summed E-state index contributed by atoms with van der Waals surface area (Å²) in [5.74, 6) is -8.05. The van der Waals surface area contributed by atoms with Gasteiger partial charge in [-0.15, -0.1) is 0 Å². The molecule has 64 heavy (non-hydrogen) atoms. The lowest BCUT2D eigenvalue weighted by atomic mass is 9.60. The molecular formula is C44H53F5N10O5. The van der Waals surface area contributed by atoms with Crippen LogP contribution in [0.1, 0.15) is 75.6 Å². The maximum Gasteiger partial charge on any atom is 0.342 e. The molecule has 15 nitrogen and oxygen atoms in total. The Morgan fingerprint density at radius 1 is 0.938 bits per heavy atom. The number of aromatic nitrogens is 2. The number of rotatable bonds is 11. The maximum absolute atomic E-state index is 15.6. The summed E-state index contributed by atoms with van der Waals surface area (Å²) >= 11 is 0. The van der Waals surface area contributed by atoms with Gasteiger partial charge in [0.2, 0.25) is 17.8 Å². The minimum Gasteiger partial charge on any atom is -0.495 e. The number of piperidine rings is 3. The lowest BCUT2D eigenvalue weighted by molar-refractivity contribution is -0.140. The number of likely N-dealkylation sites (tertiary alicyclic amines) is 1. The van der Waals surface area contributed by atoms with Gasteiger partial charge in [0.1, 0.15) is 34.9 Å². The zero-order valence-electron chi connectivity index (χ0n) is 36.2. The number of nitrogens with one attached hydrogen (secondary N) is 4. The van der Waals surface area contributed by atoms with Gasteiger partial charge in [-0.3, -0.25) is 24.5 Å². The topological polar surface area (TPSA) is 164 Å². The predicted molar refractivity (Wildman–Crippen MR) is 229 cm³/mol. The number of amides is 4. The number of fused-ring (bicyclic) bond motifs is 1. The van der Waals surface area contributed by atoms with Crippen LogP contribution in [0, 0.1) is 28.8 Å². The van der Waals surface area contributed by atoms with Crippen molar-refractivity contribution in [3.8, 4) is 5.75 Å². The highest BCUT2D eigenvalue weighted by atomic mass is 19.3. The van der Waals surface area contributed by atoms with Crippen LogP contribution in [0.4, 0.5) is 56.5 Å². The molecule has 2 aromatic carbocycles. The first kappa shape index (κ1) is 44.8. The molecule has 5 heterocycles. The van der Waals surface area contributed by atoms with E-state index in [9.17, 15) is 28.0 Å². The molecule has 0 radical (unpaired) electrons. The number of carbonyl (C=O) groups is 4. The summed E-state index contributed by atoms with van der Waals surface area (Å²) in [4.78, 5) is 64.5. The first-order chi connectivity index (χ1) is 30.4. The van der Waals surface area contributed by atoms with Crippen molar-refractivity contribution < 1.29 is 45.9 Å². The third kappa shape index (κ3) is 9.10. The standard InChI is InChI=1S/C44H53F5N10O5/c1-24(2)59-23-44(48,49)41(63)56(3)35-21-50-42(55-38(35)59)53-33-16-28(45)27(15-36(33)64-4)39(61)51-26-19-43(20-26)9-13-57(14-10-43)22-25-7-11-58(12-8-25)34-18-29(46)32(17-30(34)47)52-31-5-6-37(60)54-40(31)62/h15-18,21,24-26,31,52H,5-14,19-20,22-23H2,1-4H3,(H,51,61)(H,50,53,55)(H,54,60,62). The van der Waals surface area contributed by atoms with E-state index in [0.717, 1.165) is 75.2 Å². The summed E-state index contributed by atoms with van der Waals surface area (Å²) in [7, 11) is 2.59. The monoisotopic (exact) mass is 896 g/mol. The minimum absolute atomic E-state index is 0.0571. The fraction of sp³-hybridized carbons (Fsp3) is 0.545. The van der Waals surface area contributed by atoms with Gasteiger partial charge < -0.3 is 40.3 Å². The lowest BCUT2D eigenvalue weighted by Gasteiger charge is -2.52. The zero-order valence-corrected chi connectivity index (χ0v) is 36.2. The van der Waals surface area contributed by atoms with Crippen LogP contribution in [0.3, 0.4) is 0 Å². The van der Waals surface area contributed by atoms with Crippen LogP contribution in [-0.4, -0.2) is 116 Å². The smallest absolute Gasteiger partial charge is 0.342 e. The van der Waals surface area contributed by atoms with Gasteiger partial charge in [-0.2, -0.15) is 13.8 Å². The van der Waals surface area contributed by atoms with Crippen LogP contribution >= 0.6 is 0 Å². The van der Waals surface area contributed by atoms with E-state index in [1.165, 1.54) is 37.4 Å². The highest BCUT2D eigenvalue weighted by molar-refractivity contribution is 6.02. The number of benzene rings is 2. The highest BCUT2D eigenvalue weighted by Gasteiger charge is 2.48. The second kappa shape index (κ2) is 17.6. The summed E-state index contributed by atoms with van der Waals surface area (Å²) in [5, 5.41) is 10.8. The van der Waals surface area contributed by atoms with E-state index >= 15 is 13.2 Å². The fourth-order valence-corrected chi connectivity index (χ4v) is 9.73. The summed E-state index contributed by atoms with van der Waals surface area (Å²) in [6.07, 6.45) is 6.73. The number of anilines is 6. The first-order valence-electron chi connectivity index (χ1n) is 21.7. The number of methoxy groups -OCH3 is 1. The number of alkyl halides is 2. The Labute approximate surface area is 367 Å². The Kier molecular flexibility index (Phi) is 12.4. The second-order valence-corrected chi connectivity index (χ2v) is 18.1. The van der Waals surface area contributed by atoms with E-state index in [1.54, 1.807) is 13.8 Å². The molecule has 4 amide bonds. The Hall–Kier alpha value is -5.79. The third-order valence-electron chi connectivity index (χ3n) is 13.5. The molecule has 0 bridgehead atoms. The number of hydrogen-bond donors (Lipinski definition) is 4. The van der Waals surface area contributed by atoms with E-state index in [4.69, 9.17) is 4.74 Å². The van der Waals surface area contributed by atoms with Crippen molar-refractivity contribution in [2.24, 2.45) is 11.3 Å². The Balaban J connectivity index is 0.803. The number of ether oxygens (including phenoxy) is 1. The molecular weight excluding hydrogens is 844 g/mol. The molecule has 1 aromatic heterocycles. The first-order valence-corrected chi connectivity index (χ1v) is 21.7. The molecule has 4 fully saturated rings. The van der Waals surface area contributed by atoms with Gasteiger partial charge in [0.05, 0.1) is 42.5 Å². The SMILES string of the molecule is COc1cc(C(=O)NC2CC3(CCN(CC4CCN(c5cc(F)c(NC6CCC(=O)NC6=O)cc5F)CC4)CC3)C2)c(F)cc1Nc1ncc2c(n1)N(C(C)C)CC(F)(F)C(=O)N2C. The van der Waals surface area contributed by atoms with Crippen LogP contribution < -0.4 is 40.7 Å². The number of hydrogen-bond acceptors (Lipinski definition) is 12. The van der Waals surface area contributed by atoms with Gasteiger partial charge >= 0.3 is 5.92 Å². The molecule has 1 spiro atoms. The van der Waals surface area contributed by atoms with E-state index in [1.807, 2.05) is 4.90 Å². The maximum atomic E-state index is 15.6. The molecule has 8 rings (SSSR count). The zero-order chi connectivity index (χ0) is 45.7. The van der Waals surface area contributed by atoms with Crippen LogP contribution in [0.5, 0.6) is 5.75 Å².